The van der Waals surface area contributed by atoms with Crippen LogP contribution < -0.4 is 10.6 Å². The average Bonchev–Trinajstić information content (AvgIpc) is 3.25. The second kappa shape index (κ2) is 11.5. The highest BCUT2D eigenvalue weighted by atomic mass is 32.2. The minimum absolute atomic E-state index is 0.0500. The van der Waals surface area contributed by atoms with Gasteiger partial charge < -0.3 is 20.1 Å². The molecular formula is C24H35N3O8S. The largest absolute Gasteiger partial charge is 0.445 e. The van der Waals surface area contributed by atoms with E-state index in [-0.39, 0.29) is 25.6 Å². The molecule has 1 saturated carbocycles. The van der Waals surface area contributed by atoms with Crippen LogP contribution in [0.1, 0.15) is 58.4 Å². The second-order valence-corrected chi connectivity index (χ2v) is 11.9. The number of alkyl carbamates (subject to hydrolysis) is 1. The zero-order chi connectivity index (χ0) is 26.5. The first-order chi connectivity index (χ1) is 16.8. The fourth-order valence-corrected chi connectivity index (χ4v) is 5.25. The molecule has 4 atom stereocenters. The average molecular weight is 526 g/mol. The lowest BCUT2D eigenvalue weighted by molar-refractivity contribution is -0.126. The third-order valence-electron chi connectivity index (χ3n) is 6.22. The summed E-state index contributed by atoms with van der Waals surface area (Å²) in [6, 6.07) is 6.97. The summed E-state index contributed by atoms with van der Waals surface area (Å²) in [7, 11) is -4.48. The number of nitrogens with zero attached hydrogens (tertiary/aromatic N) is 1. The molecule has 1 saturated heterocycles. The van der Waals surface area contributed by atoms with E-state index < -0.39 is 51.1 Å². The van der Waals surface area contributed by atoms with Crippen LogP contribution in [0.2, 0.25) is 0 Å². The molecule has 1 aliphatic carbocycles. The van der Waals surface area contributed by atoms with Crippen molar-refractivity contribution in [1.82, 2.24) is 15.5 Å². The van der Waals surface area contributed by atoms with Crippen LogP contribution in [-0.4, -0.2) is 71.5 Å². The van der Waals surface area contributed by atoms with Crippen molar-refractivity contribution in [2.45, 2.75) is 88.5 Å². The predicted molar refractivity (Wildman–Crippen MR) is 131 cm³/mol. The minimum atomic E-state index is -4.48. The maximum absolute atomic E-state index is 13.3. The van der Waals surface area contributed by atoms with Gasteiger partial charge in [-0.2, -0.15) is 8.42 Å². The van der Waals surface area contributed by atoms with E-state index in [0.717, 1.165) is 23.3 Å². The lowest BCUT2D eigenvalue weighted by atomic mass is 9.90. The van der Waals surface area contributed by atoms with E-state index in [0.29, 0.717) is 12.8 Å². The van der Waals surface area contributed by atoms with Crippen molar-refractivity contribution < 1.29 is 36.8 Å². The van der Waals surface area contributed by atoms with E-state index in [2.05, 4.69) is 10.6 Å². The SMILES string of the molecule is CC(C)(C)OC(=O)N[C@@H]1CCCCC1NC(=O)[C@@H]1C[C@H](S(=O)(=O)O)CN1C(=O)OCc1ccccc1. The number of carbonyl (C=O) groups excluding carboxylic acids is 3. The molecule has 1 aromatic rings. The number of hydrogen-bond acceptors (Lipinski definition) is 7. The highest BCUT2D eigenvalue weighted by molar-refractivity contribution is 7.86. The summed E-state index contributed by atoms with van der Waals surface area (Å²) in [5.41, 5.74) is 0.0582. The topological polar surface area (TPSA) is 151 Å². The summed E-state index contributed by atoms with van der Waals surface area (Å²) < 4.78 is 43.9. The smallest absolute Gasteiger partial charge is 0.410 e. The van der Waals surface area contributed by atoms with Gasteiger partial charge in [0, 0.05) is 12.6 Å². The highest BCUT2D eigenvalue weighted by Crippen LogP contribution is 2.26. The number of benzene rings is 1. The number of hydrogen-bond donors (Lipinski definition) is 3. The van der Waals surface area contributed by atoms with Gasteiger partial charge in [-0.05, 0) is 45.6 Å². The summed E-state index contributed by atoms with van der Waals surface area (Å²) in [4.78, 5) is 39.4. The molecule has 1 heterocycles. The van der Waals surface area contributed by atoms with Crippen LogP contribution in [0.5, 0.6) is 0 Å². The first-order valence-corrected chi connectivity index (χ1v) is 13.6. The maximum Gasteiger partial charge on any atom is 0.410 e. The standard InChI is InChI=1S/C24H35N3O8S/c1-24(2,3)35-22(29)26-19-12-8-7-11-18(19)25-21(28)20-13-17(36(31,32)33)14-27(20)23(30)34-15-16-9-5-4-6-10-16/h4-6,9-10,17-20H,7-8,11-15H2,1-3H3,(H,25,28)(H,26,29)(H,31,32,33)/t17-,18?,19+,20-/m0/s1. The summed E-state index contributed by atoms with van der Waals surface area (Å²) in [6.45, 7) is 4.85. The Morgan fingerprint density at radius 2 is 1.67 bits per heavy atom. The third kappa shape index (κ3) is 7.82. The number of carbonyl (C=O) groups is 3. The van der Waals surface area contributed by atoms with E-state index in [9.17, 15) is 27.4 Å². The van der Waals surface area contributed by atoms with Gasteiger partial charge in [-0.25, -0.2) is 9.59 Å². The number of nitrogens with one attached hydrogen (secondary N) is 2. The van der Waals surface area contributed by atoms with E-state index in [4.69, 9.17) is 9.47 Å². The van der Waals surface area contributed by atoms with Crippen molar-refractivity contribution in [3.63, 3.8) is 0 Å². The molecule has 0 aromatic heterocycles. The van der Waals surface area contributed by atoms with Gasteiger partial charge in [0.25, 0.3) is 10.1 Å². The quantitative estimate of drug-likeness (QED) is 0.480. The Balaban J connectivity index is 1.68. The highest BCUT2D eigenvalue weighted by Gasteiger charge is 2.46. The van der Waals surface area contributed by atoms with Crippen molar-refractivity contribution in [2.24, 2.45) is 0 Å². The summed E-state index contributed by atoms with van der Waals surface area (Å²) >= 11 is 0. The number of amides is 3. The van der Waals surface area contributed by atoms with Gasteiger partial charge in [-0.1, -0.05) is 43.2 Å². The van der Waals surface area contributed by atoms with Crippen LogP contribution in [0.3, 0.4) is 0 Å². The summed E-state index contributed by atoms with van der Waals surface area (Å²) in [6.07, 6.45) is 1.22. The van der Waals surface area contributed by atoms with Crippen molar-refractivity contribution in [1.29, 1.82) is 0 Å². The molecule has 3 rings (SSSR count). The van der Waals surface area contributed by atoms with Crippen LogP contribution in [0.15, 0.2) is 30.3 Å². The van der Waals surface area contributed by atoms with Crippen LogP contribution >= 0.6 is 0 Å². The fourth-order valence-electron chi connectivity index (χ4n) is 4.48. The Morgan fingerprint density at radius 3 is 2.25 bits per heavy atom. The molecule has 0 radical (unpaired) electrons. The fraction of sp³-hybridized carbons (Fsp3) is 0.625. The monoisotopic (exact) mass is 525 g/mol. The van der Waals surface area contributed by atoms with Crippen LogP contribution in [0.25, 0.3) is 0 Å². The third-order valence-corrected chi connectivity index (χ3v) is 7.41. The first-order valence-electron chi connectivity index (χ1n) is 12.1. The molecule has 1 unspecified atom stereocenters. The van der Waals surface area contributed by atoms with Crippen molar-refractivity contribution >= 4 is 28.2 Å². The van der Waals surface area contributed by atoms with Crippen molar-refractivity contribution in [2.75, 3.05) is 6.54 Å². The molecule has 2 fully saturated rings. The van der Waals surface area contributed by atoms with Gasteiger partial charge in [-0.3, -0.25) is 14.2 Å². The van der Waals surface area contributed by atoms with Gasteiger partial charge in [0.1, 0.15) is 23.5 Å². The number of ether oxygens (including phenoxy) is 2. The Kier molecular flexibility index (Phi) is 8.83. The summed E-state index contributed by atoms with van der Waals surface area (Å²) in [5.74, 6) is -0.569. The van der Waals surface area contributed by atoms with Gasteiger partial charge in [0.15, 0.2) is 0 Å². The molecule has 11 nitrogen and oxygen atoms in total. The van der Waals surface area contributed by atoms with Gasteiger partial charge in [0.05, 0.1) is 6.04 Å². The Labute approximate surface area is 211 Å². The van der Waals surface area contributed by atoms with Gasteiger partial charge >= 0.3 is 12.2 Å². The second-order valence-electron chi connectivity index (χ2n) is 10.2. The van der Waals surface area contributed by atoms with E-state index in [1.54, 1.807) is 45.0 Å². The Bertz CT molecular complexity index is 1040. The molecule has 1 aliphatic heterocycles. The van der Waals surface area contributed by atoms with Crippen molar-refractivity contribution in [3.05, 3.63) is 35.9 Å². The lowest BCUT2D eigenvalue weighted by Crippen LogP contribution is -2.57. The van der Waals surface area contributed by atoms with Crippen molar-refractivity contribution in [3.8, 4) is 0 Å². The first kappa shape index (κ1) is 27.7. The molecule has 3 amide bonds. The zero-order valence-corrected chi connectivity index (χ0v) is 21.6. The molecule has 2 aliphatic rings. The maximum atomic E-state index is 13.3. The van der Waals surface area contributed by atoms with Crippen LogP contribution in [-0.2, 0) is 31.0 Å². The Morgan fingerprint density at radius 1 is 1.06 bits per heavy atom. The number of rotatable bonds is 6. The molecule has 0 bridgehead atoms. The molecule has 0 spiro atoms. The molecule has 200 valence electrons. The molecule has 1 aromatic carbocycles. The summed E-state index contributed by atoms with van der Waals surface area (Å²) in [5, 5.41) is 4.38. The zero-order valence-electron chi connectivity index (χ0n) is 20.8. The molecule has 3 N–H and O–H groups in total. The lowest BCUT2D eigenvalue weighted by Gasteiger charge is -2.34. The van der Waals surface area contributed by atoms with E-state index >= 15 is 0 Å². The van der Waals surface area contributed by atoms with Crippen LogP contribution in [0.4, 0.5) is 9.59 Å². The molecule has 36 heavy (non-hydrogen) atoms. The van der Waals surface area contributed by atoms with Gasteiger partial charge in [-0.15, -0.1) is 0 Å². The number of likely N-dealkylation sites (tertiary alicyclic amines) is 1. The normalized spacial score (nSPS) is 24.6. The molecular weight excluding hydrogens is 490 g/mol. The van der Waals surface area contributed by atoms with E-state index in [1.807, 2.05) is 6.07 Å². The van der Waals surface area contributed by atoms with Crippen LogP contribution in [0, 0.1) is 0 Å². The predicted octanol–water partition coefficient (Wildman–Crippen LogP) is 2.61. The minimum Gasteiger partial charge on any atom is -0.445 e. The Hall–Kier alpha value is -2.86. The molecule has 12 heteroatoms. The van der Waals surface area contributed by atoms with E-state index in [1.165, 1.54) is 0 Å². The van der Waals surface area contributed by atoms with Gasteiger partial charge in [0.2, 0.25) is 5.91 Å².